The summed E-state index contributed by atoms with van der Waals surface area (Å²) in [5.41, 5.74) is 2.09. The number of amides is 1. The lowest BCUT2D eigenvalue weighted by molar-refractivity contribution is -0.118. The van der Waals surface area contributed by atoms with Gasteiger partial charge >= 0.3 is 0 Å². The maximum absolute atomic E-state index is 12.8. The lowest BCUT2D eigenvalue weighted by Gasteiger charge is -2.18. The lowest BCUT2D eigenvalue weighted by atomic mass is 10.1. The molecule has 1 amide bonds. The van der Waals surface area contributed by atoms with E-state index in [0.29, 0.717) is 29.4 Å². The van der Waals surface area contributed by atoms with E-state index in [2.05, 4.69) is 25.2 Å². The van der Waals surface area contributed by atoms with Crippen molar-refractivity contribution < 1.29 is 13.2 Å². The van der Waals surface area contributed by atoms with Gasteiger partial charge < -0.3 is 5.32 Å². The number of carbonyl (C=O) groups is 1. The van der Waals surface area contributed by atoms with Crippen LogP contribution >= 0.6 is 11.6 Å². The molecule has 2 aliphatic rings. The van der Waals surface area contributed by atoms with Gasteiger partial charge in [0.25, 0.3) is 0 Å². The van der Waals surface area contributed by atoms with Crippen LogP contribution in [-0.2, 0) is 14.8 Å². The van der Waals surface area contributed by atoms with Gasteiger partial charge in [0.2, 0.25) is 15.9 Å². The molecule has 1 saturated carbocycles. The van der Waals surface area contributed by atoms with Crippen molar-refractivity contribution in [2.24, 2.45) is 17.3 Å². The third-order valence-corrected chi connectivity index (χ3v) is 7.50. The first-order chi connectivity index (χ1) is 12.0. The summed E-state index contributed by atoms with van der Waals surface area (Å²) in [6, 6.07) is 4.95. The molecule has 0 bridgehead atoms. The number of nitrogens with zero attached hydrogens (tertiary/aromatic N) is 1. The maximum atomic E-state index is 12.8. The van der Waals surface area contributed by atoms with E-state index in [1.807, 2.05) is 13.8 Å². The molecule has 1 aromatic carbocycles. The summed E-state index contributed by atoms with van der Waals surface area (Å²) >= 11 is 6.24. The minimum atomic E-state index is -3.27. The molecule has 1 saturated heterocycles. The predicted octanol–water partition coefficient (Wildman–Crippen LogP) is 4.06. The van der Waals surface area contributed by atoms with Crippen molar-refractivity contribution in [3.8, 4) is 0 Å². The summed E-state index contributed by atoms with van der Waals surface area (Å²) < 4.78 is 25.6. The van der Waals surface area contributed by atoms with Gasteiger partial charge in [-0.05, 0) is 49.8 Å². The second kappa shape index (κ2) is 6.57. The molecule has 142 valence electrons. The molecule has 1 heterocycles. The highest BCUT2D eigenvalue weighted by atomic mass is 35.5. The summed E-state index contributed by atoms with van der Waals surface area (Å²) in [4.78, 5) is 12.8. The number of anilines is 2. The van der Waals surface area contributed by atoms with E-state index >= 15 is 0 Å². The number of carbonyl (C=O) groups excluding carboxylic acids is 1. The standard InChI is InChI=1S/C19H25ClN2O3S/c1-12(2)10-14-17(19(14,3)4)18(23)21-16-11-13(6-7-15(16)20)22-8-5-9-26(22,24)25/h6-7,10-11,14,17H,5,8-9H2,1-4H3,(H,21,23). The van der Waals surface area contributed by atoms with E-state index in [4.69, 9.17) is 11.6 Å². The van der Waals surface area contributed by atoms with E-state index in [1.54, 1.807) is 18.2 Å². The number of allylic oxidation sites excluding steroid dienone is 2. The molecular formula is C19H25ClN2O3S. The number of nitrogens with one attached hydrogen (secondary N) is 1. The summed E-state index contributed by atoms with van der Waals surface area (Å²) in [6.45, 7) is 8.67. The Labute approximate surface area is 160 Å². The molecule has 1 N–H and O–H groups in total. The molecule has 3 rings (SSSR count). The van der Waals surface area contributed by atoms with Gasteiger partial charge in [0.1, 0.15) is 0 Å². The minimum Gasteiger partial charge on any atom is -0.324 e. The summed E-state index contributed by atoms with van der Waals surface area (Å²) in [6.07, 6.45) is 2.74. The van der Waals surface area contributed by atoms with Gasteiger partial charge in [-0.3, -0.25) is 9.10 Å². The van der Waals surface area contributed by atoms with Gasteiger partial charge in [0.15, 0.2) is 0 Å². The largest absolute Gasteiger partial charge is 0.324 e. The van der Waals surface area contributed by atoms with E-state index in [1.165, 1.54) is 9.88 Å². The first-order valence-electron chi connectivity index (χ1n) is 8.80. The van der Waals surface area contributed by atoms with Gasteiger partial charge in [-0.15, -0.1) is 0 Å². The van der Waals surface area contributed by atoms with Crippen molar-refractivity contribution in [1.82, 2.24) is 0 Å². The van der Waals surface area contributed by atoms with Crippen molar-refractivity contribution >= 4 is 38.9 Å². The molecule has 26 heavy (non-hydrogen) atoms. The van der Waals surface area contributed by atoms with Gasteiger partial charge in [0, 0.05) is 6.54 Å². The van der Waals surface area contributed by atoms with E-state index in [0.717, 1.165) is 0 Å². The van der Waals surface area contributed by atoms with Gasteiger partial charge in [-0.2, -0.15) is 0 Å². The van der Waals surface area contributed by atoms with Crippen LogP contribution in [0.1, 0.15) is 34.1 Å². The third kappa shape index (κ3) is 3.49. The van der Waals surface area contributed by atoms with Crippen LogP contribution in [0.25, 0.3) is 0 Å². The number of rotatable bonds is 4. The van der Waals surface area contributed by atoms with Gasteiger partial charge in [0.05, 0.1) is 28.1 Å². The maximum Gasteiger partial charge on any atom is 0.235 e. The van der Waals surface area contributed by atoms with Gasteiger partial charge in [-0.1, -0.05) is 37.1 Å². The fourth-order valence-electron chi connectivity index (χ4n) is 3.75. The first-order valence-corrected chi connectivity index (χ1v) is 10.8. The molecule has 0 aromatic heterocycles. The molecule has 5 nitrogen and oxygen atoms in total. The van der Waals surface area contributed by atoms with Crippen molar-refractivity contribution in [3.63, 3.8) is 0 Å². The van der Waals surface area contributed by atoms with Crippen LogP contribution in [0.5, 0.6) is 0 Å². The Morgan fingerprint density at radius 2 is 2.04 bits per heavy atom. The molecule has 0 radical (unpaired) electrons. The highest BCUT2D eigenvalue weighted by Gasteiger charge is 2.60. The molecule has 2 atom stereocenters. The number of hydrogen-bond donors (Lipinski definition) is 1. The molecular weight excluding hydrogens is 372 g/mol. The smallest absolute Gasteiger partial charge is 0.235 e. The van der Waals surface area contributed by atoms with Crippen molar-refractivity contribution in [1.29, 1.82) is 0 Å². The molecule has 1 aliphatic heterocycles. The zero-order chi connectivity index (χ0) is 19.3. The molecule has 2 fully saturated rings. The number of hydrogen-bond acceptors (Lipinski definition) is 3. The Morgan fingerprint density at radius 1 is 1.35 bits per heavy atom. The minimum absolute atomic E-state index is 0.0826. The Balaban J connectivity index is 1.81. The molecule has 1 aliphatic carbocycles. The number of benzene rings is 1. The van der Waals surface area contributed by atoms with Crippen LogP contribution < -0.4 is 9.62 Å². The quantitative estimate of drug-likeness (QED) is 0.780. The van der Waals surface area contributed by atoms with Crippen LogP contribution in [0.3, 0.4) is 0 Å². The van der Waals surface area contributed by atoms with Gasteiger partial charge in [-0.25, -0.2) is 8.42 Å². The molecule has 7 heteroatoms. The average molecular weight is 397 g/mol. The van der Waals surface area contributed by atoms with Crippen molar-refractivity contribution in [3.05, 3.63) is 34.9 Å². The van der Waals surface area contributed by atoms with E-state index < -0.39 is 10.0 Å². The normalized spacial score (nSPS) is 25.7. The van der Waals surface area contributed by atoms with Crippen LogP contribution in [0.4, 0.5) is 11.4 Å². The lowest BCUT2D eigenvalue weighted by Crippen LogP contribution is -2.25. The Bertz CT molecular complexity index is 873. The summed E-state index contributed by atoms with van der Waals surface area (Å²) in [7, 11) is -3.27. The monoisotopic (exact) mass is 396 g/mol. The highest BCUT2D eigenvalue weighted by Crippen LogP contribution is 2.59. The SMILES string of the molecule is CC(C)=CC1C(C(=O)Nc2cc(N3CCCS3(=O)=O)ccc2Cl)C1(C)C. The van der Waals surface area contributed by atoms with Crippen LogP contribution in [-0.4, -0.2) is 26.6 Å². The van der Waals surface area contributed by atoms with Crippen molar-refractivity contribution in [2.75, 3.05) is 21.9 Å². The van der Waals surface area contributed by atoms with Crippen LogP contribution in [0.15, 0.2) is 29.8 Å². The average Bonchev–Trinajstić information content (AvgIpc) is 2.86. The zero-order valence-electron chi connectivity index (χ0n) is 15.5. The summed E-state index contributed by atoms with van der Waals surface area (Å²) in [5, 5.41) is 3.30. The summed E-state index contributed by atoms with van der Waals surface area (Å²) in [5.74, 6) is 0.153. The van der Waals surface area contributed by atoms with Crippen LogP contribution in [0, 0.1) is 17.3 Å². The predicted molar refractivity (Wildman–Crippen MR) is 106 cm³/mol. The second-order valence-electron chi connectivity index (χ2n) is 7.96. The fraction of sp³-hybridized carbons (Fsp3) is 0.526. The second-order valence-corrected chi connectivity index (χ2v) is 10.4. The third-order valence-electron chi connectivity index (χ3n) is 5.30. The first kappa shape index (κ1) is 19.2. The Morgan fingerprint density at radius 3 is 2.62 bits per heavy atom. The molecule has 1 aromatic rings. The number of halogens is 1. The van der Waals surface area contributed by atoms with Crippen molar-refractivity contribution in [2.45, 2.75) is 34.1 Å². The molecule has 2 unspecified atom stereocenters. The van der Waals surface area contributed by atoms with E-state index in [9.17, 15) is 13.2 Å². The number of sulfonamides is 1. The zero-order valence-corrected chi connectivity index (χ0v) is 17.1. The fourth-order valence-corrected chi connectivity index (χ4v) is 5.47. The van der Waals surface area contributed by atoms with Crippen LogP contribution in [0.2, 0.25) is 5.02 Å². The Kier molecular flexibility index (Phi) is 4.86. The molecule has 0 spiro atoms. The van der Waals surface area contributed by atoms with E-state index in [-0.39, 0.29) is 28.9 Å². The Hall–Kier alpha value is -1.53. The highest BCUT2D eigenvalue weighted by molar-refractivity contribution is 7.93. The topological polar surface area (TPSA) is 66.5 Å².